The number of hydrogen-bond acceptors (Lipinski definition) is 2. The Balaban J connectivity index is 2.32. The predicted molar refractivity (Wildman–Crippen MR) is 53.5 cm³/mol. The minimum Gasteiger partial charge on any atom is -0.507 e. The lowest BCUT2D eigenvalue weighted by molar-refractivity contribution is 0.423. The van der Waals surface area contributed by atoms with Crippen molar-refractivity contribution in [1.82, 2.24) is 0 Å². The second kappa shape index (κ2) is 2.14. The molecule has 1 aromatic carbocycles. The Morgan fingerprint density at radius 3 is 2.79 bits per heavy atom. The number of phenolic OH excluding ortho intramolecular Hbond substituents is 1. The van der Waals surface area contributed by atoms with Gasteiger partial charge in [0.25, 0.3) is 0 Å². The summed E-state index contributed by atoms with van der Waals surface area (Å²) in [5.74, 6) is 1.98. The van der Waals surface area contributed by atoms with Crippen LogP contribution in [0.4, 0.5) is 0 Å². The van der Waals surface area contributed by atoms with Crippen molar-refractivity contribution in [3.05, 3.63) is 35.6 Å². The van der Waals surface area contributed by atoms with Gasteiger partial charge in [0.05, 0.1) is 11.0 Å². The number of ether oxygens (including phenoxy) is 1. The summed E-state index contributed by atoms with van der Waals surface area (Å²) >= 11 is 0. The van der Waals surface area contributed by atoms with E-state index in [-0.39, 0.29) is 5.41 Å². The van der Waals surface area contributed by atoms with Gasteiger partial charge in [0.15, 0.2) is 0 Å². The predicted octanol–water partition coefficient (Wildman–Crippen LogP) is 2.64. The van der Waals surface area contributed by atoms with Crippen LogP contribution in [0.2, 0.25) is 0 Å². The third-order valence-electron chi connectivity index (χ3n) is 3.32. The van der Waals surface area contributed by atoms with Gasteiger partial charge in [0.1, 0.15) is 17.3 Å². The molecule has 3 rings (SSSR count). The Hall–Kier alpha value is -1.44. The van der Waals surface area contributed by atoms with Gasteiger partial charge in [0, 0.05) is 0 Å². The number of aryl methyl sites for hydroxylation is 1. The van der Waals surface area contributed by atoms with Gasteiger partial charge < -0.3 is 9.84 Å². The number of fused-ring (bicyclic) bond motifs is 2. The molecule has 0 bridgehead atoms. The number of hydrogen-bond donors (Lipinski definition) is 1. The van der Waals surface area contributed by atoms with Gasteiger partial charge in [-0.15, -0.1) is 0 Å². The molecule has 2 aliphatic rings. The minimum atomic E-state index is -0.0502. The van der Waals surface area contributed by atoms with E-state index in [1.54, 1.807) is 6.07 Å². The molecule has 0 aromatic heterocycles. The van der Waals surface area contributed by atoms with E-state index in [9.17, 15) is 5.11 Å². The SMILES string of the molecule is C=C1Oc2c(C)ccc(O)c2C12CC2. The molecule has 1 aromatic rings. The van der Waals surface area contributed by atoms with Gasteiger partial charge in [-0.2, -0.15) is 0 Å². The van der Waals surface area contributed by atoms with Crippen LogP contribution in [0.15, 0.2) is 24.5 Å². The first-order valence-corrected chi connectivity index (χ1v) is 4.85. The Labute approximate surface area is 82.8 Å². The van der Waals surface area contributed by atoms with Crippen LogP contribution in [-0.2, 0) is 5.41 Å². The van der Waals surface area contributed by atoms with Crippen molar-refractivity contribution in [2.75, 3.05) is 0 Å². The lowest BCUT2D eigenvalue weighted by atomic mass is 9.94. The molecule has 2 heteroatoms. The van der Waals surface area contributed by atoms with Crippen molar-refractivity contribution < 1.29 is 9.84 Å². The van der Waals surface area contributed by atoms with E-state index in [1.165, 1.54) is 0 Å². The van der Waals surface area contributed by atoms with Crippen molar-refractivity contribution in [1.29, 1.82) is 0 Å². The van der Waals surface area contributed by atoms with Crippen LogP contribution < -0.4 is 4.74 Å². The Kier molecular flexibility index (Phi) is 1.21. The zero-order valence-electron chi connectivity index (χ0n) is 8.13. The van der Waals surface area contributed by atoms with Crippen LogP contribution in [0.5, 0.6) is 11.5 Å². The maximum Gasteiger partial charge on any atom is 0.137 e. The van der Waals surface area contributed by atoms with Crippen molar-refractivity contribution in [3.8, 4) is 11.5 Å². The molecule has 1 aliphatic heterocycles. The smallest absolute Gasteiger partial charge is 0.137 e. The lowest BCUT2D eigenvalue weighted by Crippen LogP contribution is -2.04. The fraction of sp³-hybridized carbons (Fsp3) is 0.333. The van der Waals surface area contributed by atoms with Crippen LogP contribution in [0.25, 0.3) is 0 Å². The van der Waals surface area contributed by atoms with Crippen LogP contribution in [0, 0.1) is 6.92 Å². The third-order valence-corrected chi connectivity index (χ3v) is 3.32. The van der Waals surface area contributed by atoms with E-state index >= 15 is 0 Å². The zero-order chi connectivity index (χ0) is 9.92. The summed E-state index contributed by atoms with van der Waals surface area (Å²) in [7, 11) is 0. The summed E-state index contributed by atoms with van der Waals surface area (Å²) in [6, 6.07) is 3.62. The molecule has 0 unspecified atom stereocenters. The zero-order valence-corrected chi connectivity index (χ0v) is 8.13. The van der Waals surface area contributed by atoms with Gasteiger partial charge in [-0.3, -0.25) is 0 Å². The highest BCUT2D eigenvalue weighted by Gasteiger charge is 2.56. The second-order valence-corrected chi connectivity index (χ2v) is 4.21. The molecule has 1 spiro atoms. The molecule has 0 atom stereocenters. The fourth-order valence-electron chi connectivity index (χ4n) is 2.28. The summed E-state index contributed by atoms with van der Waals surface area (Å²) in [5, 5.41) is 9.83. The summed E-state index contributed by atoms with van der Waals surface area (Å²) < 4.78 is 5.64. The van der Waals surface area contributed by atoms with Crippen molar-refractivity contribution in [2.24, 2.45) is 0 Å². The number of benzene rings is 1. The molecule has 1 heterocycles. The van der Waals surface area contributed by atoms with Crippen LogP contribution in [0.1, 0.15) is 24.0 Å². The van der Waals surface area contributed by atoms with Crippen LogP contribution in [-0.4, -0.2) is 5.11 Å². The van der Waals surface area contributed by atoms with Gasteiger partial charge in [-0.25, -0.2) is 0 Å². The highest BCUT2D eigenvalue weighted by molar-refractivity contribution is 5.62. The average molecular weight is 188 g/mol. The standard InChI is InChI=1S/C12H12O2/c1-7-3-4-9(13)10-11(7)14-8(2)12(10)5-6-12/h3-4,13H,2,5-6H2,1H3. The number of allylic oxidation sites excluding steroid dienone is 1. The number of aromatic hydroxyl groups is 1. The molecular weight excluding hydrogens is 176 g/mol. The molecule has 14 heavy (non-hydrogen) atoms. The monoisotopic (exact) mass is 188 g/mol. The van der Waals surface area contributed by atoms with Crippen molar-refractivity contribution in [2.45, 2.75) is 25.2 Å². The largest absolute Gasteiger partial charge is 0.507 e. The Bertz CT molecular complexity index is 442. The summed E-state index contributed by atoms with van der Waals surface area (Å²) in [4.78, 5) is 0. The lowest BCUT2D eigenvalue weighted by Gasteiger charge is -2.07. The highest BCUT2D eigenvalue weighted by Crippen LogP contribution is 2.63. The molecular formula is C12H12O2. The van der Waals surface area contributed by atoms with Gasteiger partial charge in [-0.05, 0) is 31.4 Å². The average Bonchev–Trinajstić information content (AvgIpc) is 2.86. The van der Waals surface area contributed by atoms with Gasteiger partial charge in [-0.1, -0.05) is 12.6 Å². The Morgan fingerprint density at radius 1 is 1.43 bits per heavy atom. The second-order valence-electron chi connectivity index (χ2n) is 4.21. The van der Waals surface area contributed by atoms with E-state index in [1.807, 2.05) is 13.0 Å². The molecule has 72 valence electrons. The van der Waals surface area contributed by atoms with E-state index in [2.05, 4.69) is 6.58 Å². The first-order chi connectivity index (χ1) is 6.65. The third kappa shape index (κ3) is 0.722. The van der Waals surface area contributed by atoms with Crippen LogP contribution >= 0.6 is 0 Å². The molecule has 1 fully saturated rings. The molecule has 1 aliphatic carbocycles. The maximum absolute atomic E-state index is 9.83. The highest BCUT2D eigenvalue weighted by atomic mass is 16.5. The van der Waals surface area contributed by atoms with E-state index in [4.69, 9.17) is 4.74 Å². The number of rotatable bonds is 0. The summed E-state index contributed by atoms with van der Waals surface area (Å²) in [6.45, 7) is 5.93. The molecule has 1 saturated carbocycles. The topological polar surface area (TPSA) is 29.5 Å². The summed E-state index contributed by atoms with van der Waals surface area (Å²) in [6.07, 6.45) is 2.10. The Morgan fingerprint density at radius 2 is 2.14 bits per heavy atom. The van der Waals surface area contributed by atoms with E-state index < -0.39 is 0 Å². The van der Waals surface area contributed by atoms with Gasteiger partial charge in [0.2, 0.25) is 0 Å². The molecule has 1 N–H and O–H groups in total. The first-order valence-electron chi connectivity index (χ1n) is 4.85. The quantitative estimate of drug-likeness (QED) is 0.678. The summed E-state index contributed by atoms with van der Waals surface area (Å²) in [5.41, 5.74) is 1.98. The number of phenols is 1. The normalized spacial score (nSPS) is 20.8. The molecule has 0 saturated heterocycles. The fourth-order valence-corrected chi connectivity index (χ4v) is 2.28. The van der Waals surface area contributed by atoms with Crippen LogP contribution in [0.3, 0.4) is 0 Å². The molecule has 0 amide bonds. The van der Waals surface area contributed by atoms with E-state index in [0.717, 1.165) is 35.5 Å². The van der Waals surface area contributed by atoms with Crippen molar-refractivity contribution in [3.63, 3.8) is 0 Å². The minimum absolute atomic E-state index is 0.0502. The van der Waals surface area contributed by atoms with E-state index in [0.29, 0.717) is 5.75 Å². The van der Waals surface area contributed by atoms with Crippen molar-refractivity contribution >= 4 is 0 Å². The van der Waals surface area contributed by atoms with Gasteiger partial charge >= 0.3 is 0 Å². The first kappa shape index (κ1) is 7.92. The maximum atomic E-state index is 9.83. The molecule has 0 radical (unpaired) electrons. The molecule has 2 nitrogen and oxygen atoms in total.